The number of nitrogens with two attached hydrogens (primary N) is 1. The van der Waals surface area contributed by atoms with Gasteiger partial charge < -0.3 is 10.5 Å². The Labute approximate surface area is 122 Å². The zero-order chi connectivity index (χ0) is 14.1. The highest BCUT2D eigenvalue weighted by atomic mass is 16.5. The van der Waals surface area contributed by atoms with E-state index in [9.17, 15) is 0 Å². The van der Waals surface area contributed by atoms with E-state index in [2.05, 4.69) is 30.9 Å². The van der Waals surface area contributed by atoms with Crippen LogP contribution in [0.4, 0.5) is 0 Å². The molecule has 3 heteroatoms. The molecule has 0 spiro atoms. The standard InChI is InChI=1S/C17H26N2O/c1-12-9-14-16(10-13(12)2)20-11-15(18)17(14)19-7-5-3-4-6-8-19/h9-10,15,17H,3-8,11,18H2,1-2H3. The zero-order valence-corrected chi connectivity index (χ0v) is 12.7. The molecule has 0 bridgehead atoms. The van der Waals surface area contributed by atoms with Crippen molar-refractivity contribution in [3.05, 3.63) is 28.8 Å². The van der Waals surface area contributed by atoms with Crippen LogP contribution in [0, 0.1) is 13.8 Å². The van der Waals surface area contributed by atoms with Gasteiger partial charge in [-0.1, -0.05) is 18.9 Å². The molecule has 1 saturated heterocycles. The molecule has 2 N–H and O–H groups in total. The molecule has 3 rings (SSSR count). The maximum Gasteiger partial charge on any atom is 0.124 e. The summed E-state index contributed by atoms with van der Waals surface area (Å²) in [5.41, 5.74) is 10.3. The molecule has 2 aliphatic heterocycles. The van der Waals surface area contributed by atoms with Gasteiger partial charge in [0.1, 0.15) is 12.4 Å². The van der Waals surface area contributed by atoms with Crippen LogP contribution in [-0.4, -0.2) is 30.6 Å². The van der Waals surface area contributed by atoms with E-state index >= 15 is 0 Å². The summed E-state index contributed by atoms with van der Waals surface area (Å²) >= 11 is 0. The first-order valence-electron chi connectivity index (χ1n) is 7.90. The number of rotatable bonds is 1. The Balaban J connectivity index is 1.96. The van der Waals surface area contributed by atoms with Crippen LogP contribution in [-0.2, 0) is 0 Å². The molecule has 0 aromatic heterocycles. The predicted molar refractivity (Wildman–Crippen MR) is 82.2 cm³/mol. The van der Waals surface area contributed by atoms with E-state index in [1.54, 1.807) is 0 Å². The van der Waals surface area contributed by atoms with Crippen LogP contribution >= 0.6 is 0 Å². The molecule has 0 saturated carbocycles. The first-order chi connectivity index (χ1) is 9.66. The maximum atomic E-state index is 6.40. The van der Waals surface area contributed by atoms with E-state index in [1.165, 1.54) is 55.5 Å². The van der Waals surface area contributed by atoms with Gasteiger partial charge >= 0.3 is 0 Å². The lowest BCUT2D eigenvalue weighted by molar-refractivity contribution is 0.122. The van der Waals surface area contributed by atoms with Crippen LogP contribution in [0.3, 0.4) is 0 Å². The third-order valence-electron chi connectivity index (χ3n) is 4.82. The van der Waals surface area contributed by atoms with Crippen molar-refractivity contribution in [2.75, 3.05) is 19.7 Å². The minimum atomic E-state index is 0.0858. The Morgan fingerprint density at radius 1 is 1.05 bits per heavy atom. The summed E-state index contributed by atoms with van der Waals surface area (Å²) in [7, 11) is 0. The minimum absolute atomic E-state index is 0.0858. The number of hydrogen-bond donors (Lipinski definition) is 1. The highest BCUT2D eigenvalue weighted by Gasteiger charge is 2.33. The molecule has 20 heavy (non-hydrogen) atoms. The number of benzene rings is 1. The largest absolute Gasteiger partial charge is 0.492 e. The molecule has 110 valence electrons. The maximum absolute atomic E-state index is 6.40. The van der Waals surface area contributed by atoms with Gasteiger partial charge in [-0.05, 0) is 57.0 Å². The van der Waals surface area contributed by atoms with Gasteiger partial charge in [-0.2, -0.15) is 0 Å². The lowest BCUT2D eigenvalue weighted by atomic mass is 9.92. The van der Waals surface area contributed by atoms with Crippen LogP contribution < -0.4 is 10.5 Å². The number of nitrogens with zero attached hydrogens (tertiary/aromatic N) is 1. The highest BCUT2D eigenvalue weighted by Crippen LogP contribution is 2.38. The molecule has 0 aliphatic carbocycles. The molecule has 2 unspecified atom stereocenters. The molecule has 0 amide bonds. The van der Waals surface area contributed by atoms with Crippen LogP contribution in [0.2, 0.25) is 0 Å². The SMILES string of the molecule is Cc1cc2c(cc1C)C(N1CCCCCC1)C(N)CO2. The molecule has 2 aliphatic rings. The molecule has 2 atom stereocenters. The number of aryl methyl sites for hydroxylation is 2. The zero-order valence-electron chi connectivity index (χ0n) is 12.7. The van der Waals surface area contributed by atoms with E-state index in [-0.39, 0.29) is 6.04 Å². The molecule has 1 aromatic rings. The summed E-state index contributed by atoms with van der Waals surface area (Å²) in [4.78, 5) is 2.59. The minimum Gasteiger partial charge on any atom is -0.492 e. The summed E-state index contributed by atoms with van der Waals surface area (Å²) in [5, 5.41) is 0. The Bertz CT molecular complexity index is 478. The van der Waals surface area contributed by atoms with Crippen molar-refractivity contribution in [2.24, 2.45) is 5.73 Å². The van der Waals surface area contributed by atoms with E-state index in [1.807, 2.05) is 0 Å². The van der Waals surface area contributed by atoms with Gasteiger partial charge in [0.2, 0.25) is 0 Å². The highest BCUT2D eigenvalue weighted by molar-refractivity contribution is 5.45. The van der Waals surface area contributed by atoms with Crippen LogP contribution in [0.1, 0.15) is 48.4 Å². The second-order valence-electron chi connectivity index (χ2n) is 6.34. The number of ether oxygens (including phenoxy) is 1. The van der Waals surface area contributed by atoms with Gasteiger partial charge in [-0.25, -0.2) is 0 Å². The van der Waals surface area contributed by atoms with E-state index in [4.69, 9.17) is 10.5 Å². The molecule has 0 radical (unpaired) electrons. The fourth-order valence-electron chi connectivity index (χ4n) is 3.52. The van der Waals surface area contributed by atoms with Crippen LogP contribution in [0.25, 0.3) is 0 Å². The second kappa shape index (κ2) is 5.74. The molecular formula is C17H26N2O. The summed E-state index contributed by atoms with van der Waals surface area (Å²) in [6.07, 6.45) is 5.30. The Morgan fingerprint density at radius 3 is 2.40 bits per heavy atom. The Morgan fingerprint density at radius 2 is 1.70 bits per heavy atom. The van der Waals surface area contributed by atoms with Crippen LogP contribution in [0.15, 0.2) is 12.1 Å². The lowest BCUT2D eigenvalue weighted by Crippen LogP contribution is -2.47. The average Bonchev–Trinajstić information content (AvgIpc) is 2.69. The van der Waals surface area contributed by atoms with Crippen molar-refractivity contribution < 1.29 is 4.74 Å². The third-order valence-corrected chi connectivity index (χ3v) is 4.82. The van der Waals surface area contributed by atoms with Gasteiger partial charge in [0.25, 0.3) is 0 Å². The van der Waals surface area contributed by atoms with Gasteiger partial charge in [0.15, 0.2) is 0 Å². The van der Waals surface area contributed by atoms with E-state index in [0.717, 1.165) is 5.75 Å². The fourth-order valence-corrected chi connectivity index (χ4v) is 3.52. The normalized spacial score (nSPS) is 27.6. The van der Waals surface area contributed by atoms with Crippen molar-refractivity contribution in [3.8, 4) is 5.75 Å². The van der Waals surface area contributed by atoms with E-state index < -0.39 is 0 Å². The smallest absolute Gasteiger partial charge is 0.124 e. The van der Waals surface area contributed by atoms with Crippen molar-refractivity contribution in [2.45, 2.75) is 51.6 Å². The number of likely N-dealkylation sites (tertiary alicyclic amines) is 1. The fraction of sp³-hybridized carbons (Fsp3) is 0.647. The molecule has 1 fully saturated rings. The summed E-state index contributed by atoms with van der Waals surface area (Å²) < 4.78 is 5.87. The summed E-state index contributed by atoms with van der Waals surface area (Å²) in [5.74, 6) is 1.05. The number of fused-ring (bicyclic) bond motifs is 1. The average molecular weight is 274 g/mol. The van der Waals surface area contributed by atoms with E-state index in [0.29, 0.717) is 12.6 Å². The first kappa shape index (κ1) is 13.9. The Hall–Kier alpha value is -1.06. The van der Waals surface area contributed by atoms with Crippen LogP contribution in [0.5, 0.6) is 5.75 Å². The summed E-state index contributed by atoms with van der Waals surface area (Å²) in [6.45, 7) is 7.30. The topological polar surface area (TPSA) is 38.5 Å². The van der Waals surface area contributed by atoms with Gasteiger partial charge in [-0.3, -0.25) is 4.90 Å². The van der Waals surface area contributed by atoms with Crippen molar-refractivity contribution in [1.82, 2.24) is 4.90 Å². The van der Waals surface area contributed by atoms with Gasteiger partial charge in [0, 0.05) is 5.56 Å². The van der Waals surface area contributed by atoms with Crippen molar-refractivity contribution in [1.29, 1.82) is 0 Å². The van der Waals surface area contributed by atoms with Gasteiger partial charge in [-0.15, -0.1) is 0 Å². The lowest BCUT2D eigenvalue weighted by Gasteiger charge is -2.39. The first-order valence-corrected chi connectivity index (χ1v) is 7.90. The second-order valence-corrected chi connectivity index (χ2v) is 6.34. The monoisotopic (exact) mass is 274 g/mol. The molecule has 1 aromatic carbocycles. The third kappa shape index (κ3) is 2.57. The molecule has 2 heterocycles. The van der Waals surface area contributed by atoms with Gasteiger partial charge in [0.05, 0.1) is 12.1 Å². The quantitative estimate of drug-likeness (QED) is 0.855. The van der Waals surface area contributed by atoms with Crippen molar-refractivity contribution in [3.63, 3.8) is 0 Å². The predicted octanol–water partition coefficient (Wildman–Crippen LogP) is 2.94. The molecule has 3 nitrogen and oxygen atoms in total. The van der Waals surface area contributed by atoms with Crippen molar-refractivity contribution >= 4 is 0 Å². The number of hydrogen-bond acceptors (Lipinski definition) is 3. The molecular weight excluding hydrogens is 248 g/mol. The Kier molecular flexibility index (Phi) is 3.99. The summed E-state index contributed by atoms with van der Waals surface area (Å²) in [6, 6.07) is 4.89.